The second-order valence-corrected chi connectivity index (χ2v) is 5.68. The van der Waals surface area contributed by atoms with Crippen molar-refractivity contribution >= 4 is 16.9 Å². The van der Waals surface area contributed by atoms with Crippen molar-refractivity contribution in [2.75, 3.05) is 31.1 Å². The zero-order chi connectivity index (χ0) is 15.8. The van der Waals surface area contributed by atoms with Gasteiger partial charge in [0.05, 0.1) is 11.6 Å². The van der Waals surface area contributed by atoms with E-state index in [0.29, 0.717) is 5.95 Å². The Morgan fingerprint density at radius 3 is 2.52 bits per heavy atom. The maximum atomic E-state index is 4.47. The molecule has 0 radical (unpaired) electrons. The Balaban J connectivity index is 1.83. The smallest absolute Gasteiger partial charge is 0.252 e. The van der Waals surface area contributed by atoms with Gasteiger partial charge in [-0.05, 0) is 19.9 Å². The van der Waals surface area contributed by atoms with E-state index in [2.05, 4.69) is 35.3 Å². The quantitative estimate of drug-likeness (QED) is 0.743. The molecular formula is C15H18N8. The monoisotopic (exact) mass is 310 g/mol. The van der Waals surface area contributed by atoms with Gasteiger partial charge in [0.1, 0.15) is 12.1 Å². The van der Waals surface area contributed by atoms with Crippen molar-refractivity contribution in [3.63, 3.8) is 0 Å². The minimum atomic E-state index is 0.544. The van der Waals surface area contributed by atoms with Crippen molar-refractivity contribution in [1.29, 1.82) is 0 Å². The third kappa shape index (κ3) is 2.50. The Hall–Kier alpha value is -2.61. The van der Waals surface area contributed by atoms with E-state index in [-0.39, 0.29) is 0 Å². The van der Waals surface area contributed by atoms with Crippen LogP contribution in [0.1, 0.15) is 11.4 Å². The van der Waals surface area contributed by atoms with Crippen LogP contribution in [-0.2, 0) is 0 Å². The van der Waals surface area contributed by atoms with Gasteiger partial charge in [0.25, 0.3) is 5.95 Å². The molecule has 0 atom stereocenters. The van der Waals surface area contributed by atoms with Crippen LogP contribution in [-0.4, -0.2) is 55.9 Å². The fourth-order valence-electron chi connectivity index (χ4n) is 2.91. The maximum absolute atomic E-state index is 4.47. The van der Waals surface area contributed by atoms with Crippen LogP contribution < -0.4 is 10.2 Å². The first-order valence-corrected chi connectivity index (χ1v) is 7.69. The highest BCUT2D eigenvalue weighted by atomic mass is 15.4. The molecule has 3 aromatic heterocycles. The van der Waals surface area contributed by atoms with Gasteiger partial charge in [-0.3, -0.25) is 0 Å². The lowest BCUT2D eigenvalue weighted by atomic mass is 10.3. The van der Waals surface area contributed by atoms with Crippen molar-refractivity contribution in [2.24, 2.45) is 0 Å². The predicted molar refractivity (Wildman–Crippen MR) is 86.8 cm³/mol. The van der Waals surface area contributed by atoms with E-state index >= 15 is 0 Å². The Bertz CT molecular complexity index is 830. The number of nitrogens with one attached hydrogen (secondary N) is 1. The zero-order valence-corrected chi connectivity index (χ0v) is 13.2. The number of hydrogen-bond acceptors (Lipinski definition) is 7. The van der Waals surface area contributed by atoms with Crippen LogP contribution in [0.2, 0.25) is 0 Å². The standard InChI is InChI=1S/C15H18N8/c1-10-7-11(2)21-15(20-10)23-14-12(8-19-23)13(17-9-18-14)22-5-3-16-4-6-22/h7-9,16H,3-6H2,1-2H3. The third-order valence-corrected chi connectivity index (χ3v) is 3.92. The number of hydrogen-bond donors (Lipinski definition) is 1. The number of piperazine rings is 1. The van der Waals surface area contributed by atoms with Gasteiger partial charge in [0, 0.05) is 37.6 Å². The molecule has 0 bridgehead atoms. The van der Waals surface area contributed by atoms with Crippen LogP contribution in [0, 0.1) is 13.8 Å². The van der Waals surface area contributed by atoms with E-state index in [4.69, 9.17) is 0 Å². The van der Waals surface area contributed by atoms with E-state index in [9.17, 15) is 0 Å². The number of aromatic nitrogens is 6. The molecule has 0 spiro atoms. The van der Waals surface area contributed by atoms with Gasteiger partial charge in [0.15, 0.2) is 5.65 Å². The van der Waals surface area contributed by atoms with Crippen molar-refractivity contribution in [3.8, 4) is 5.95 Å². The average Bonchev–Trinajstić information content (AvgIpc) is 2.99. The van der Waals surface area contributed by atoms with Crippen LogP contribution in [0.4, 0.5) is 5.82 Å². The Labute approximate surface area is 133 Å². The minimum Gasteiger partial charge on any atom is -0.353 e. The molecule has 0 aromatic carbocycles. The molecule has 3 aromatic rings. The van der Waals surface area contributed by atoms with E-state index in [0.717, 1.165) is 54.4 Å². The SMILES string of the molecule is Cc1cc(C)nc(-n2ncc3c(N4CCNCC4)ncnc32)n1. The molecule has 0 unspecified atom stereocenters. The maximum Gasteiger partial charge on any atom is 0.252 e. The fraction of sp³-hybridized carbons (Fsp3) is 0.400. The van der Waals surface area contributed by atoms with Crippen molar-refractivity contribution in [1.82, 2.24) is 35.0 Å². The Kier molecular flexibility index (Phi) is 3.38. The molecule has 0 amide bonds. The van der Waals surface area contributed by atoms with E-state index in [1.165, 1.54) is 0 Å². The Morgan fingerprint density at radius 2 is 1.78 bits per heavy atom. The lowest BCUT2D eigenvalue weighted by Crippen LogP contribution is -2.44. The van der Waals surface area contributed by atoms with E-state index in [1.54, 1.807) is 17.2 Å². The molecule has 1 fully saturated rings. The summed E-state index contributed by atoms with van der Waals surface area (Å²) in [6, 6.07) is 1.94. The predicted octanol–water partition coefficient (Wildman–Crippen LogP) is 0.632. The molecule has 23 heavy (non-hydrogen) atoms. The topological polar surface area (TPSA) is 84.7 Å². The molecule has 1 saturated heterocycles. The van der Waals surface area contributed by atoms with Gasteiger partial charge in [-0.1, -0.05) is 0 Å². The van der Waals surface area contributed by atoms with Crippen molar-refractivity contribution < 1.29 is 0 Å². The molecule has 118 valence electrons. The molecule has 4 rings (SSSR count). The number of nitrogens with zero attached hydrogens (tertiary/aromatic N) is 7. The minimum absolute atomic E-state index is 0.544. The average molecular weight is 310 g/mol. The summed E-state index contributed by atoms with van der Waals surface area (Å²) in [5.41, 5.74) is 2.55. The highest BCUT2D eigenvalue weighted by Crippen LogP contribution is 2.24. The van der Waals surface area contributed by atoms with E-state index in [1.807, 2.05) is 19.9 Å². The lowest BCUT2D eigenvalue weighted by Gasteiger charge is -2.28. The first-order chi connectivity index (χ1) is 11.2. The molecule has 0 aliphatic carbocycles. The molecule has 8 heteroatoms. The van der Waals surface area contributed by atoms with Crippen LogP contribution >= 0.6 is 0 Å². The van der Waals surface area contributed by atoms with Gasteiger partial charge in [-0.25, -0.2) is 19.9 Å². The van der Waals surface area contributed by atoms with Gasteiger partial charge in [0.2, 0.25) is 0 Å². The molecule has 8 nitrogen and oxygen atoms in total. The summed E-state index contributed by atoms with van der Waals surface area (Å²) in [7, 11) is 0. The van der Waals surface area contributed by atoms with Gasteiger partial charge in [-0.2, -0.15) is 9.78 Å². The van der Waals surface area contributed by atoms with Gasteiger partial charge < -0.3 is 10.2 Å². The highest BCUT2D eigenvalue weighted by Gasteiger charge is 2.18. The first kappa shape index (κ1) is 14.0. The Morgan fingerprint density at radius 1 is 1.04 bits per heavy atom. The molecule has 1 N–H and O–H groups in total. The highest BCUT2D eigenvalue weighted by molar-refractivity contribution is 5.87. The molecule has 1 aliphatic heterocycles. The second kappa shape index (κ2) is 5.54. The van der Waals surface area contributed by atoms with Gasteiger partial charge in [-0.15, -0.1) is 0 Å². The van der Waals surface area contributed by atoms with E-state index < -0.39 is 0 Å². The summed E-state index contributed by atoms with van der Waals surface area (Å²) in [5, 5.41) is 8.73. The van der Waals surface area contributed by atoms with Crippen LogP contribution in [0.3, 0.4) is 0 Å². The van der Waals surface area contributed by atoms with Crippen LogP contribution in [0.5, 0.6) is 0 Å². The largest absolute Gasteiger partial charge is 0.353 e. The fourth-order valence-corrected chi connectivity index (χ4v) is 2.91. The zero-order valence-electron chi connectivity index (χ0n) is 13.2. The summed E-state index contributed by atoms with van der Waals surface area (Å²) in [6.45, 7) is 7.67. The number of fused-ring (bicyclic) bond motifs is 1. The number of rotatable bonds is 2. The summed E-state index contributed by atoms with van der Waals surface area (Å²) >= 11 is 0. The summed E-state index contributed by atoms with van der Waals surface area (Å²) in [6.07, 6.45) is 3.38. The summed E-state index contributed by atoms with van der Waals surface area (Å²) in [4.78, 5) is 20.1. The van der Waals surface area contributed by atoms with Crippen LogP contribution in [0.15, 0.2) is 18.6 Å². The van der Waals surface area contributed by atoms with Crippen LogP contribution in [0.25, 0.3) is 17.0 Å². The summed E-state index contributed by atoms with van der Waals surface area (Å²) < 4.78 is 1.68. The molecule has 0 saturated carbocycles. The van der Waals surface area contributed by atoms with Gasteiger partial charge >= 0.3 is 0 Å². The first-order valence-electron chi connectivity index (χ1n) is 7.69. The van der Waals surface area contributed by atoms with Crippen molar-refractivity contribution in [2.45, 2.75) is 13.8 Å². The number of anilines is 1. The molecule has 1 aliphatic rings. The number of aryl methyl sites for hydroxylation is 2. The summed E-state index contributed by atoms with van der Waals surface area (Å²) in [5.74, 6) is 1.47. The lowest BCUT2D eigenvalue weighted by molar-refractivity contribution is 0.586. The normalized spacial score (nSPS) is 15.3. The van der Waals surface area contributed by atoms with Crippen molar-refractivity contribution in [3.05, 3.63) is 30.0 Å². The molecule has 4 heterocycles. The molecular weight excluding hydrogens is 292 g/mol. The second-order valence-electron chi connectivity index (χ2n) is 5.68. The third-order valence-electron chi connectivity index (χ3n) is 3.92.